The lowest BCUT2D eigenvalue weighted by atomic mass is 10.3. The lowest BCUT2D eigenvalue weighted by Gasteiger charge is -2.15. The Morgan fingerprint density at radius 2 is 1.74 bits per heavy atom. The van der Waals surface area contributed by atoms with E-state index in [1.807, 2.05) is 0 Å². The van der Waals surface area contributed by atoms with Crippen molar-refractivity contribution in [2.45, 2.75) is 17.7 Å². The van der Waals surface area contributed by atoms with Gasteiger partial charge in [0, 0.05) is 18.1 Å². The summed E-state index contributed by atoms with van der Waals surface area (Å²) < 4.78 is 31.8. The molecule has 0 spiro atoms. The molecule has 1 aliphatic heterocycles. The lowest BCUT2D eigenvalue weighted by molar-refractivity contribution is -0.118. The maximum Gasteiger partial charge on any atom is 0.262 e. The van der Waals surface area contributed by atoms with Gasteiger partial charge in [-0.15, -0.1) is 0 Å². The normalized spacial score (nSPS) is 14.9. The van der Waals surface area contributed by atoms with Gasteiger partial charge in [0.25, 0.3) is 5.91 Å². The molecule has 1 amide bonds. The van der Waals surface area contributed by atoms with E-state index in [2.05, 4.69) is 5.32 Å². The zero-order valence-electron chi connectivity index (χ0n) is 14.3. The maximum atomic E-state index is 12.5. The summed E-state index contributed by atoms with van der Waals surface area (Å²) in [4.78, 5) is 12.2. The van der Waals surface area contributed by atoms with Crippen molar-refractivity contribution in [2.24, 2.45) is 0 Å². The minimum Gasteiger partial charge on any atom is -0.484 e. The van der Waals surface area contributed by atoms with Gasteiger partial charge in [0.05, 0.1) is 15.6 Å². The number of nitrogens with zero attached hydrogens (tertiary/aromatic N) is 1. The first-order chi connectivity index (χ1) is 12.9. The second-order valence-electron chi connectivity index (χ2n) is 6.04. The summed E-state index contributed by atoms with van der Waals surface area (Å²) >= 11 is 11.8. The fraction of sp³-hybridized carbons (Fsp3) is 0.278. The zero-order chi connectivity index (χ0) is 19.4. The highest BCUT2D eigenvalue weighted by Gasteiger charge is 2.26. The van der Waals surface area contributed by atoms with Crippen LogP contribution in [0.2, 0.25) is 10.0 Å². The van der Waals surface area contributed by atoms with Crippen molar-refractivity contribution < 1.29 is 17.9 Å². The number of anilines is 1. The highest BCUT2D eigenvalue weighted by Crippen LogP contribution is 2.26. The van der Waals surface area contributed by atoms with E-state index in [-0.39, 0.29) is 11.5 Å². The summed E-state index contributed by atoms with van der Waals surface area (Å²) in [5.41, 5.74) is 0.432. The molecule has 1 saturated heterocycles. The molecule has 2 aromatic carbocycles. The molecule has 2 aromatic rings. The Bertz CT molecular complexity index is 927. The van der Waals surface area contributed by atoms with Gasteiger partial charge in [-0.05, 0) is 55.3 Å². The second-order valence-corrected chi connectivity index (χ2v) is 8.83. The Hall–Kier alpha value is -1.80. The first-order valence-electron chi connectivity index (χ1n) is 8.34. The van der Waals surface area contributed by atoms with Crippen LogP contribution >= 0.6 is 23.2 Å². The fourth-order valence-electron chi connectivity index (χ4n) is 2.71. The Morgan fingerprint density at radius 1 is 1.07 bits per heavy atom. The van der Waals surface area contributed by atoms with Crippen LogP contribution in [0.1, 0.15) is 12.8 Å². The summed E-state index contributed by atoms with van der Waals surface area (Å²) in [7, 11) is -3.46. The van der Waals surface area contributed by atoms with Crippen molar-refractivity contribution in [3.63, 3.8) is 0 Å². The van der Waals surface area contributed by atoms with Crippen LogP contribution in [-0.4, -0.2) is 38.3 Å². The Kier molecular flexibility index (Phi) is 6.26. The molecule has 0 aliphatic carbocycles. The number of sulfonamides is 1. The first kappa shape index (κ1) is 19.9. The molecule has 1 fully saturated rings. The van der Waals surface area contributed by atoms with E-state index in [1.165, 1.54) is 34.6 Å². The molecule has 0 aromatic heterocycles. The average Bonchev–Trinajstić information content (AvgIpc) is 3.18. The maximum absolute atomic E-state index is 12.5. The Labute approximate surface area is 168 Å². The van der Waals surface area contributed by atoms with E-state index in [0.29, 0.717) is 34.6 Å². The van der Waals surface area contributed by atoms with Crippen LogP contribution < -0.4 is 10.1 Å². The van der Waals surface area contributed by atoms with Gasteiger partial charge in [-0.2, -0.15) is 4.31 Å². The van der Waals surface area contributed by atoms with Gasteiger partial charge in [-0.1, -0.05) is 23.2 Å². The monoisotopic (exact) mass is 428 g/mol. The Balaban J connectivity index is 1.57. The van der Waals surface area contributed by atoms with Gasteiger partial charge in [0.1, 0.15) is 5.75 Å². The molecule has 1 N–H and O–H groups in total. The summed E-state index contributed by atoms with van der Waals surface area (Å²) in [5.74, 6) is 0.000659. The van der Waals surface area contributed by atoms with Gasteiger partial charge in [-0.3, -0.25) is 4.79 Å². The van der Waals surface area contributed by atoms with Crippen molar-refractivity contribution in [1.82, 2.24) is 4.31 Å². The molecule has 144 valence electrons. The highest BCUT2D eigenvalue weighted by molar-refractivity contribution is 7.89. The first-order valence-corrected chi connectivity index (χ1v) is 10.5. The van der Waals surface area contributed by atoms with Crippen LogP contribution in [0.15, 0.2) is 47.4 Å². The van der Waals surface area contributed by atoms with Crippen molar-refractivity contribution in [3.8, 4) is 5.75 Å². The van der Waals surface area contributed by atoms with Gasteiger partial charge in [-0.25, -0.2) is 8.42 Å². The third kappa shape index (κ3) is 4.93. The number of benzene rings is 2. The smallest absolute Gasteiger partial charge is 0.262 e. The molecule has 9 heteroatoms. The largest absolute Gasteiger partial charge is 0.484 e. The van der Waals surface area contributed by atoms with Crippen molar-refractivity contribution >= 4 is 44.8 Å². The molecular weight excluding hydrogens is 411 g/mol. The van der Waals surface area contributed by atoms with E-state index in [0.717, 1.165) is 12.8 Å². The van der Waals surface area contributed by atoms with E-state index in [9.17, 15) is 13.2 Å². The quantitative estimate of drug-likeness (QED) is 0.758. The van der Waals surface area contributed by atoms with Crippen molar-refractivity contribution in [1.29, 1.82) is 0 Å². The van der Waals surface area contributed by atoms with Crippen LogP contribution in [0.5, 0.6) is 5.75 Å². The third-order valence-corrected chi connectivity index (χ3v) is 6.56. The second kappa shape index (κ2) is 8.48. The predicted molar refractivity (Wildman–Crippen MR) is 105 cm³/mol. The SMILES string of the molecule is O=C(COc1ccc(S(=O)(=O)N2CCCC2)cc1)Nc1ccc(Cl)cc1Cl. The fourth-order valence-corrected chi connectivity index (χ4v) is 4.68. The predicted octanol–water partition coefficient (Wildman–Crippen LogP) is 3.80. The number of hydrogen-bond donors (Lipinski definition) is 1. The molecule has 0 bridgehead atoms. The molecule has 27 heavy (non-hydrogen) atoms. The van der Waals surface area contributed by atoms with E-state index in [1.54, 1.807) is 12.1 Å². The topological polar surface area (TPSA) is 75.7 Å². The molecule has 0 unspecified atom stereocenters. The summed E-state index contributed by atoms with van der Waals surface area (Å²) in [6, 6.07) is 10.8. The van der Waals surface area contributed by atoms with Crippen LogP contribution in [0.3, 0.4) is 0 Å². The van der Waals surface area contributed by atoms with Gasteiger partial charge >= 0.3 is 0 Å². The number of rotatable bonds is 6. The number of halogens is 2. The van der Waals surface area contributed by atoms with Crippen LogP contribution in [0, 0.1) is 0 Å². The summed E-state index contributed by atoms with van der Waals surface area (Å²) in [6.45, 7) is 0.860. The van der Waals surface area contributed by atoms with Crippen LogP contribution in [0.25, 0.3) is 0 Å². The molecule has 1 aliphatic rings. The standard InChI is InChI=1S/C18H18Cl2N2O4S/c19-13-3-8-17(16(20)11-13)21-18(23)12-26-14-4-6-15(7-5-14)27(24,25)22-9-1-2-10-22/h3-8,11H,1-2,9-10,12H2,(H,21,23). The van der Waals surface area contributed by atoms with E-state index < -0.39 is 15.9 Å². The molecule has 3 rings (SSSR count). The minimum atomic E-state index is -3.46. The number of amides is 1. The zero-order valence-corrected chi connectivity index (χ0v) is 16.6. The van der Waals surface area contributed by atoms with Gasteiger partial charge < -0.3 is 10.1 Å². The lowest BCUT2D eigenvalue weighted by Crippen LogP contribution is -2.27. The minimum absolute atomic E-state index is 0.217. The van der Waals surface area contributed by atoms with Gasteiger partial charge in [0.15, 0.2) is 6.61 Å². The van der Waals surface area contributed by atoms with E-state index in [4.69, 9.17) is 27.9 Å². The molecule has 0 radical (unpaired) electrons. The van der Waals surface area contributed by atoms with Crippen molar-refractivity contribution in [3.05, 3.63) is 52.5 Å². The number of nitrogens with one attached hydrogen (secondary N) is 1. The number of hydrogen-bond acceptors (Lipinski definition) is 4. The van der Waals surface area contributed by atoms with Crippen molar-refractivity contribution in [2.75, 3.05) is 25.0 Å². The summed E-state index contributed by atoms with van der Waals surface area (Å²) in [5, 5.41) is 3.42. The van der Waals surface area contributed by atoms with Gasteiger partial charge in [0.2, 0.25) is 10.0 Å². The molecule has 6 nitrogen and oxygen atoms in total. The van der Waals surface area contributed by atoms with E-state index >= 15 is 0 Å². The molecule has 0 atom stereocenters. The Morgan fingerprint density at radius 3 is 2.37 bits per heavy atom. The molecular formula is C18H18Cl2N2O4S. The number of carbonyl (C=O) groups is 1. The third-order valence-electron chi connectivity index (χ3n) is 4.10. The highest BCUT2D eigenvalue weighted by atomic mass is 35.5. The molecule has 0 saturated carbocycles. The number of ether oxygens (including phenoxy) is 1. The number of carbonyl (C=O) groups excluding carboxylic acids is 1. The van der Waals surface area contributed by atoms with Crippen LogP contribution in [-0.2, 0) is 14.8 Å². The average molecular weight is 429 g/mol. The molecule has 1 heterocycles. The summed E-state index contributed by atoms with van der Waals surface area (Å²) in [6.07, 6.45) is 1.76. The van der Waals surface area contributed by atoms with Crippen LogP contribution in [0.4, 0.5) is 5.69 Å².